The second kappa shape index (κ2) is 15.0. The first-order chi connectivity index (χ1) is 19.0. The Balaban J connectivity index is 0.00000231. The molecule has 1 aromatic carbocycles. The zero-order chi connectivity index (χ0) is 27.4. The molecule has 0 radical (unpaired) electrons. The molecule has 0 bridgehead atoms. The molecule has 8 nitrogen and oxygen atoms in total. The smallest absolute Gasteiger partial charge is 0.277 e. The van der Waals surface area contributed by atoms with E-state index in [1.807, 2.05) is 47.1 Å². The topological polar surface area (TPSA) is 70.3 Å². The Morgan fingerprint density at radius 2 is 1.61 bits per heavy atom. The lowest BCUT2D eigenvalue weighted by atomic mass is 10.1. The Bertz CT molecular complexity index is 1480. The Morgan fingerprint density at radius 1 is 0.927 bits per heavy atom. The van der Waals surface area contributed by atoms with Gasteiger partial charge >= 0.3 is 0 Å². The van der Waals surface area contributed by atoms with Crippen LogP contribution in [0.3, 0.4) is 0 Å². The number of halogens is 3. The van der Waals surface area contributed by atoms with E-state index in [9.17, 15) is 9.18 Å². The maximum atomic E-state index is 13.6. The normalized spacial score (nSPS) is 16.9. The van der Waals surface area contributed by atoms with Crippen molar-refractivity contribution in [1.29, 1.82) is 0 Å². The molecule has 0 saturated carbocycles. The molecular weight excluding hydrogens is 566 g/mol. The number of ether oxygens (including phenoxy) is 1. The van der Waals surface area contributed by atoms with Gasteiger partial charge in [-0.1, -0.05) is 25.5 Å². The van der Waals surface area contributed by atoms with E-state index < -0.39 is 0 Å². The summed E-state index contributed by atoms with van der Waals surface area (Å²) >= 11 is 0. The van der Waals surface area contributed by atoms with Crippen molar-refractivity contribution in [3.8, 4) is 5.88 Å². The number of piperazine rings is 1. The van der Waals surface area contributed by atoms with Crippen LogP contribution in [0.1, 0.15) is 49.7 Å². The minimum absolute atomic E-state index is 0. The first-order valence-electron chi connectivity index (χ1n) is 14.4. The molecule has 41 heavy (non-hydrogen) atoms. The average Bonchev–Trinajstić information content (AvgIpc) is 3.30. The van der Waals surface area contributed by atoms with Crippen molar-refractivity contribution in [2.45, 2.75) is 59.0 Å². The van der Waals surface area contributed by atoms with Crippen LogP contribution in [-0.2, 0) is 19.5 Å². The van der Waals surface area contributed by atoms with Crippen LogP contribution in [0.15, 0.2) is 41.2 Å². The van der Waals surface area contributed by atoms with Crippen molar-refractivity contribution in [2.24, 2.45) is 0 Å². The van der Waals surface area contributed by atoms with Crippen LogP contribution >= 0.6 is 0 Å². The number of nitrogens with one attached hydrogen (secondary N) is 2. The highest BCUT2D eigenvalue weighted by Gasteiger charge is 2.23. The molecule has 11 heteroatoms. The SMILES string of the molecule is CCc1nc(C)c2c(=O)n(CCCCCC[NH+]3CC[NH+](Cc4ccc(F)cc4)CC3)c3ccc(OC)nc3n12.[Cl-].[Cl-]. The molecule has 0 atom stereocenters. The molecule has 0 unspecified atom stereocenters. The number of benzene rings is 1. The number of aromatic nitrogens is 4. The van der Waals surface area contributed by atoms with Crippen molar-refractivity contribution in [2.75, 3.05) is 39.8 Å². The van der Waals surface area contributed by atoms with Gasteiger partial charge in [-0.2, -0.15) is 4.98 Å². The van der Waals surface area contributed by atoms with Gasteiger partial charge in [0, 0.05) is 24.6 Å². The van der Waals surface area contributed by atoms with Gasteiger partial charge in [0.15, 0.2) is 5.65 Å². The number of aryl methyl sites for hydroxylation is 3. The van der Waals surface area contributed by atoms with Gasteiger partial charge in [0.1, 0.15) is 49.9 Å². The molecular formula is C30H41Cl2FN6O2. The summed E-state index contributed by atoms with van der Waals surface area (Å²) in [7, 11) is 1.61. The molecule has 1 fully saturated rings. The predicted octanol–water partition coefficient (Wildman–Crippen LogP) is -4.39. The molecule has 4 heterocycles. The molecule has 0 aliphatic carbocycles. The third-order valence-corrected chi connectivity index (χ3v) is 8.12. The van der Waals surface area contributed by atoms with Crippen molar-refractivity contribution in [1.82, 2.24) is 18.9 Å². The van der Waals surface area contributed by atoms with E-state index in [0.29, 0.717) is 17.9 Å². The Morgan fingerprint density at radius 3 is 2.29 bits per heavy atom. The Kier molecular flexibility index (Phi) is 12.0. The summed E-state index contributed by atoms with van der Waals surface area (Å²) in [5, 5.41) is 0. The molecule has 1 saturated heterocycles. The summed E-state index contributed by atoms with van der Waals surface area (Å²) in [6.45, 7) is 11.5. The minimum Gasteiger partial charge on any atom is -1.00 e. The molecule has 0 amide bonds. The molecule has 4 aromatic rings. The number of hydrogen-bond acceptors (Lipinski definition) is 4. The van der Waals surface area contributed by atoms with Crippen LogP contribution in [-0.4, -0.2) is 58.8 Å². The molecule has 1 aliphatic heterocycles. The van der Waals surface area contributed by atoms with Crippen molar-refractivity contribution < 1.29 is 43.7 Å². The van der Waals surface area contributed by atoms with Gasteiger partial charge in [-0.05, 0) is 44.4 Å². The van der Waals surface area contributed by atoms with Crippen molar-refractivity contribution >= 4 is 16.7 Å². The summed E-state index contributed by atoms with van der Waals surface area (Å²) in [4.78, 5) is 26.2. The highest BCUT2D eigenvalue weighted by molar-refractivity contribution is 5.77. The van der Waals surface area contributed by atoms with E-state index in [1.54, 1.807) is 29.0 Å². The maximum absolute atomic E-state index is 13.6. The van der Waals surface area contributed by atoms with E-state index in [1.165, 1.54) is 38.0 Å². The minimum atomic E-state index is -0.166. The number of rotatable bonds is 11. The third kappa shape index (κ3) is 7.38. The first-order valence-corrected chi connectivity index (χ1v) is 14.4. The summed E-state index contributed by atoms with van der Waals surface area (Å²) in [6.07, 6.45) is 5.14. The summed E-state index contributed by atoms with van der Waals surface area (Å²) in [5.41, 5.74) is 4.13. The Hall–Kier alpha value is -2.72. The second-order valence-corrected chi connectivity index (χ2v) is 10.8. The van der Waals surface area contributed by atoms with E-state index in [2.05, 4.69) is 4.98 Å². The molecule has 2 N–H and O–H groups in total. The number of unbranched alkanes of at least 4 members (excludes halogenated alkanes) is 3. The van der Waals surface area contributed by atoms with Crippen LogP contribution in [0, 0.1) is 12.7 Å². The molecule has 3 aromatic heterocycles. The van der Waals surface area contributed by atoms with E-state index in [4.69, 9.17) is 9.72 Å². The fourth-order valence-corrected chi connectivity index (χ4v) is 5.95. The van der Waals surface area contributed by atoms with Crippen molar-refractivity contribution in [3.63, 3.8) is 0 Å². The second-order valence-electron chi connectivity index (χ2n) is 10.8. The third-order valence-electron chi connectivity index (χ3n) is 8.12. The lowest BCUT2D eigenvalue weighted by molar-refractivity contribution is -1.02. The Labute approximate surface area is 253 Å². The van der Waals surface area contributed by atoms with Crippen LogP contribution in [0.25, 0.3) is 16.7 Å². The summed E-state index contributed by atoms with van der Waals surface area (Å²) in [5.74, 6) is 1.21. The number of imidazole rings is 1. The predicted molar refractivity (Wildman–Crippen MR) is 150 cm³/mol. The lowest BCUT2D eigenvalue weighted by Crippen LogP contribution is -3.27. The summed E-state index contributed by atoms with van der Waals surface area (Å²) in [6, 6.07) is 10.7. The van der Waals surface area contributed by atoms with Gasteiger partial charge in [-0.25, -0.2) is 9.37 Å². The number of quaternary nitrogens is 2. The average molecular weight is 608 g/mol. The highest BCUT2D eigenvalue weighted by atomic mass is 35.5. The quantitative estimate of drug-likeness (QED) is 0.169. The molecule has 5 rings (SSSR count). The van der Waals surface area contributed by atoms with E-state index in [-0.39, 0.29) is 36.2 Å². The van der Waals surface area contributed by atoms with Gasteiger partial charge in [-0.3, -0.25) is 9.20 Å². The van der Waals surface area contributed by atoms with Gasteiger partial charge in [-0.15, -0.1) is 0 Å². The number of pyridine rings is 1. The fraction of sp³-hybridized carbons (Fsp3) is 0.500. The maximum Gasteiger partial charge on any atom is 0.277 e. The van der Waals surface area contributed by atoms with E-state index in [0.717, 1.165) is 61.6 Å². The lowest BCUT2D eigenvalue weighted by Gasteiger charge is -2.29. The van der Waals surface area contributed by atoms with Crippen LogP contribution in [0.4, 0.5) is 4.39 Å². The fourth-order valence-electron chi connectivity index (χ4n) is 5.95. The van der Waals surface area contributed by atoms with Crippen LogP contribution < -0.4 is 44.9 Å². The molecule has 0 spiro atoms. The van der Waals surface area contributed by atoms with Gasteiger partial charge in [0.2, 0.25) is 5.88 Å². The number of nitrogens with zero attached hydrogens (tertiary/aromatic N) is 4. The van der Waals surface area contributed by atoms with Crippen LogP contribution in [0.5, 0.6) is 5.88 Å². The monoisotopic (exact) mass is 606 g/mol. The molecule has 224 valence electrons. The first kappa shape index (κ1) is 32.8. The number of hydrogen-bond donors (Lipinski definition) is 2. The zero-order valence-electron chi connectivity index (χ0n) is 24.2. The van der Waals surface area contributed by atoms with Crippen LogP contribution in [0.2, 0.25) is 0 Å². The standard InChI is InChI=1S/C30H39FN6O2.2ClH/c1-4-26-32-22(2)28-30(38)36(25-13-14-27(39-3)33-29(25)37(26)28)16-8-6-5-7-15-34-17-19-35(20-18-34)21-23-9-11-24(31)12-10-23;;/h9-14H,4-8,15-21H2,1-3H3;2*1H. The van der Waals surface area contributed by atoms with Crippen molar-refractivity contribution in [3.05, 3.63) is 69.7 Å². The summed E-state index contributed by atoms with van der Waals surface area (Å²) < 4.78 is 22.3. The largest absolute Gasteiger partial charge is 1.00 e. The highest BCUT2D eigenvalue weighted by Crippen LogP contribution is 2.21. The van der Waals surface area contributed by atoms with Gasteiger partial charge in [0.25, 0.3) is 5.56 Å². The van der Waals surface area contributed by atoms with E-state index >= 15 is 0 Å². The van der Waals surface area contributed by atoms with Gasteiger partial charge in [0.05, 0.1) is 24.9 Å². The number of fused-ring (bicyclic) bond motifs is 3. The zero-order valence-corrected chi connectivity index (χ0v) is 25.7. The number of methoxy groups -OCH3 is 1. The molecule has 1 aliphatic rings. The van der Waals surface area contributed by atoms with Gasteiger partial charge < -0.3 is 43.9 Å².